The Labute approximate surface area is 109 Å². The standard InChI is InChI=1S/C10H9BrF3NOS/c1-15-4-6-2-8(16-5-10(12,13)14)7(11)3-9(6)17-15/h2-3H,4-5H2,1H3. The second-order valence-electron chi connectivity index (χ2n) is 3.67. The van der Waals surface area contributed by atoms with Crippen LogP contribution >= 0.6 is 27.9 Å². The molecule has 7 heteroatoms. The lowest BCUT2D eigenvalue weighted by molar-refractivity contribution is -0.153. The molecule has 1 aromatic carbocycles. The smallest absolute Gasteiger partial charge is 0.422 e. The summed E-state index contributed by atoms with van der Waals surface area (Å²) in [5, 5.41) is 0. The Hall–Kier alpha value is -0.400. The van der Waals surface area contributed by atoms with Crippen molar-refractivity contribution >= 4 is 27.9 Å². The number of rotatable bonds is 2. The molecule has 1 aromatic rings. The molecule has 0 saturated carbocycles. The molecule has 0 fully saturated rings. The lowest BCUT2D eigenvalue weighted by Gasteiger charge is -2.11. The van der Waals surface area contributed by atoms with E-state index in [1.54, 1.807) is 24.1 Å². The highest BCUT2D eigenvalue weighted by Crippen LogP contribution is 2.40. The van der Waals surface area contributed by atoms with E-state index in [0.717, 1.165) is 10.5 Å². The third-order valence-electron chi connectivity index (χ3n) is 2.15. The van der Waals surface area contributed by atoms with E-state index >= 15 is 0 Å². The van der Waals surface area contributed by atoms with E-state index in [2.05, 4.69) is 15.9 Å². The van der Waals surface area contributed by atoms with Gasteiger partial charge >= 0.3 is 6.18 Å². The van der Waals surface area contributed by atoms with E-state index in [9.17, 15) is 13.2 Å². The average molecular weight is 328 g/mol. The van der Waals surface area contributed by atoms with Crippen molar-refractivity contribution in [1.82, 2.24) is 4.31 Å². The molecule has 0 bridgehead atoms. The van der Waals surface area contributed by atoms with Crippen molar-refractivity contribution in [3.05, 3.63) is 22.2 Å². The summed E-state index contributed by atoms with van der Waals surface area (Å²) in [7, 11) is 1.93. The number of benzene rings is 1. The molecule has 0 aromatic heterocycles. The van der Waals surface area contributed by atoms with Crippen LogP contribution in [0.4, 0.5) is 13.2 Å². The molecule has 94 valence electrons. The average Bonchev–Trinajstić information content (AvgIpc) is 2.52. The maximum Gasteiger partial charge on any atom is 0.422 e. The fraction of sp³-hybridized carbons (Fsp3) is 0.400. The number of alkyl halides is 3. The number of nitrogens with zero attached hydrogens (tertiary/aromatic N) is 1. The monoisotopic (exact) mass is 327 g/mol. The summed E-state index contributed by atoms with van der Waals surface area (Å²) < 4.78 is 43.5. The zero-order valence-electron chi connectivity index (χ0n) is 8.84. The van der Waals surface area contributed by atoms with Crippen molar-refractivity contribution in [1.29, 1.82) is 0 Å². The highest BCUT2D eigenvalue weighted by molar-refractivity contribution is 9.10. The van der Waals surface area contributed by atoms with E-state index in [1.165, 1.54) is 0 Å². The van der Waals surface area contributed by atoms with Gasteiger partial charge in [-0.1, -0.05) is 0 Å². The van der Waals surface area contributed by atoms with Gasteiger partial charge in [0.1, 0.15) is 5.75 Å². The lowest BCUT2D eigenvalue weighted by Crippen LogP contribution is -2.19. The minimum absolute atomic E-state index is 0.233. The van der Waals surface area contributed by atoms with Gasteiger partial charge in [-0.3, -0.25) is 0 Å². The van der Waals surface area contributed by atoms with E-state index in [4.69, 9.17) is 4.74 Å². The minimum Gasteiger partial charge on any atom is -0.483 e. The summed E-state index contributed by atoms with van der Waals surface area (Å²) >= 11 is 4.78. The van der Waals surface area contributed by atoms with Gasteiger partial charge in [-0.15, -0.1) is 0 Å². The molecule has 2 rings (SSSR count). The summed E-state index contributed by atoms with van der Waals surface area (Å²) in [6.45, 7) is -0.566. The van der Waals surface area contributed by atoms with Crippen molar-refractivity contribution in [2.24, 2.45) is 0 Å². The van der Waals surface area contributed by atoms with Crippen molar-refractivity contribution in [3.63, 3.8) is 0 Å². The van der Waals surface area contributed by atoms with Crippen LogP contribution in [0.3, 0.4) is 0 Å². The van der Waals surface area contributed by atoms with Crippen LogP contribution in [0.1, 0.15) is 5.56 Å². The molecule has 0 amide bonds. The van der Waals surface area contributed by atoms with Crippen LogP contribution in [0.25, 0.3) is 0 Å². The Balaban J connectivity index is 2.17. The largest absolute Gasteiger partial charge is 0.483 e. The van der Waals surface area contributed by atoms with Gasteiger partial charge in [0.15, 0.2) is 6.61 Å². The molecule has 1 aliphatic heterocycles. The van der Waals surface area contributed by atoms with Gasteiger partial charge in [0.2, 0.25) is 0 Å². The van der Waals surface area contributed by atoms with Crippen molar-refractivity contribution in [2.45, 2.75) is 17.6 Å². The summed E-state index contributed by atoms with van der Waals surface area (Å²) in [6.07, 6.45) is -4.32. The summed E-state index contributed by atoms with van der Waals surface area (Å²) in [5.41, 5.74) is 0.984. The fourth-order valence-corrected chi connectivity index (χ4v) is 3.06. The molecule has 0 saturated heterocycles. The van der Waals surface area contributed by atoms with Crippen LogP contribution in [-0.2, 0) is 6.54 Å². The highest BCUT2D eigenvalue weighted by atomic mass is 79.9. The van der Waals surface area contributed by atoms with Gasteiger partial charge in [-0.05, 0) is 52.6 Å². The first kappa shape index (κ1) is 13.0. The molecule has 17 heavy (non-hydrogen) atoms. The molecule has 0 spiro atoms. The minimum atomic E-state index is -4.32. The molecule has 0 radical (unpaired) electrons. The second kappa shape index (κ2) is 4.70. The molecule has 1 heterocycles. The van der Waals surface area contributed by atoms with Crippen LogP contribution in [0.5, 0.6) is 5.75 Å². The predicted octanol–water partition coefficient (Wildman–Crippen LogP) is 3.84. The van der Waals surface area contributed by atoms with Crippen molar-refractivity contribution < 1.29 is 17.9 Å². The second-order valence-corrected chi connectivity index (χ2v) is 5.77. The zero-order valence-corrected chi connectivity index (χ0v) is 11.2. The molecule has 0 N–H and O–H groups in total. The van der Waals surface area contributed by atoms with Gasteiger partial charge in [0, 0.05) is 11.4 Å². The lowest BCUT2D eigenvalue weighted by atomic mass is 10.2. The van der Waals surface area contributed by atoms with Gasteiger partial charge in [0.25, 0.3) is 0 Å². The number of halogens is 4. The van der Waals surface area contributed by atoms with Gasteiger partial charge < -0.3 is 4.74 Å². The highest BCUT2D eigenvalue weighted by Gasteiger charge is 2.29. The molecular weight excluding hydrogens is 319 g/mol. The number of hydrogen-bond donors (Lipinski definition) is 0. The molecule has 1 aliphatic rings. The number of ether oxygens (including phenoxy) is 1. The summed E-state index contributed by atoms with van der Waals surface area (Å²) in [5.74, 6) is 0.233. The van der Waals surface area contributed by atoms with Crippen molar-refractivity contribution in [3.8, 4) is 5.75 Å². The van der Waals surface area contributed by atoms with Crippen LogP contribution < -0.4 is 4.74 Å². The van der Waals surface area contributed by atoms with E-state index in [0.29, 0.717) is 11.0 Å². The SMILES string of the molecule is CN1Cc2cc(OCC(F)(F)F)c(Br)cc2S1. The van der Waals surface area contributed by atoms with E-state index in [-0.39, 0.29) is 5.75 Å². The first-order valence-corrected chi connectivity index (χ1v) is 6.33. The Morgan fingerprint density at radius 3 is 2.82 bits per heavy atom. The first-order chi connectivity index (χ1) is 7.85. The zero-order chi connectivity index (χ0) is 12.6. The molecule has 0 atom stereocenters. The van der Waals surface area contributed by atoms with Crippen molar-refractivity contribution in [2.75, 3.05) is 13.7 Å². The number of fused-ring (bicyclic) bond motifs is 1. The molecular formula is C10H9BrF3NOS. The van der Waals surface area contributed by atoms with Crippen LogP contribution in [0, 0.1) is 0 Å². The predicted molar refractivity (Wildman–Crippen MR) is 63.0 cm³/mol. The molecule has 2 nitrogen and oxygen atoms in total. The maximum atomic E-state index is 12.1. The maximum absolute atomic E-state index is 12.1. The fourth-order valence-electron chi connectivity index (χ4n) is 1.50. The first-order valence-electron chi connectivity index (χ1n) is 4.76. The summed E-state index contributed by atoms with van der Waals surface area (Å²) in [4.78, 5) is 1.04. The Morgan fingerprint density at radius 1 is 1.47 bits per heavy atom. The van der Waals surface area contributed by atoms with Gasteiger partial charge in [0.05, 0.1) is 4.47 Å². The van der Waals surface area contributed by atoms with Crippen LogP contribution in [-0.4, -0.2) is 24.1 Å². The third kappa shape index (κ3) is 3.29. The van der Waals surface area contributed by atoms with Gasteiger partial charge in [-0.25, -0.2) is 4.31 Å². The topological polar surface area (TPSA) is 12.5 Å². The molecule has 0 aliphatic carbocycles. The molecule has 0 unspecified atom stereocenters. The van der Waals surface area contributed by atoms with E-state index in [1.807, 2.05) is 11.4 Å². The van der Waals surface area contributed by atoms with Gasteiger partial charge in [-0.2, -0.15) is 13.2 Å². The number of hydrogen-bond acceptors (Lipinski definition) is 3. The Bertz CT molecular complexity index is 438. The Morgan fingerprint density at radius 2 is 2.18 bits per heavy atom. The third-order valence-corrected chi connectivity index (χ3v) is 3.79. The van der Waals surface area contributed by atoms with E-state index < -0.39 is 12.8 Å². The van der Waals surface area contributed by atoms with Crippen LogP contribution in [0.2, 0.25) is 0 Å². The quantitative estimate of drug-likeness (QED) is 0.766. The normalized spacial score (nSPS) is 16.1. The van der Waals surface area contributed by atoms with Crippen LogP contribution in [0.15, 0.2) is 21.5 Å². The Kier molecular flexibility index (Phi) is 3.61. The summed E-state index contributed by atoms with van der Waals surface area (Å²) in [6, 6.07) is 3.44.